The summed E-state index contributed by atoms with van der Waals surface area (Å²) in [5, 5.41) is 13.0. The van der Waals surface area contributed by atoms with Crippen molar-refractivity contribution in [3.63, 3.8) is 0 Å². The van der Waals surface area contributed by atoms with Gasteiger partial charge >= 0.3 is 0 Å². The Balaban J connectivity index is 2.20. The first kappa shape index (κ1) is 12.0. The minimum atomic E-state index is -0.357. The molecule has 1 aliphatic rings. The highest BCUT2D eigenvalue weighted by atomic mass is 15.0. The molecule has 0 heterocycles. The number of nitriles is 1. The molecule has 1 saturated carbocycles. The molecule has 0 bridgehead atoms. The van der Waals surface area contributed by atoms with Crippen molar-refractivity contribution in [2.24, 2.45) is 5.92 Å². The van der Waals surface area contributed by atoms with Crippen LogP contribution in [0.15, 0.2) is 24.3 Å². The van der Waals surface area contributed by atoms with E-state index < -0.39 is 0 Å². The van der Waals surface area contributed by atoms with Gasteiger partial charge in [0, 0.05) is 5.69 Å². The molecule has 90 valence electrons. The number of anilines is 1. The van der Waals surface area contributed by atoms with Crippen LogP contribution in [0, 0.1) is 24.2 Å². The van der Waals surface area contributed by atoms with Crippen molar-refractivity contribution in [1.29, 1.82) is 5.26 Å². The maximum atomic E-state index is 9.50. The second-order valence-corrected chi connectivity index (χ2v) is 5.34. The zero-order valence-electron chi connectivity index (χ0n) is 10.7. The number of para-hydroxylation sites is 1. The Morgan fingerprint density at radius 3 is 2.82 bits per heavy atom. The lowest BCUT2D eigenvalue weighted by Gasteiger charge is -2.36. The smallest absolute Gasteiger partial charge is 0.125 e. The van der Waals surface area contributed by atoms with Gasteiger partial charge in [-0.2, -0.15) is 5.26 Å². The standard InChI is InChI=1S/C15H20N2/c1-12-6-5-9-15(10-12,11-16)17-14-8-4-3-7-13(14)2/h3-4,7-8,12,17H,5-6,9-10H2,1-2H3. The fourth-order valence-electron chi connectivity index (χ4n) is 2.77. The van der Waals surface area contributed by atoms with E-state index in [4.69, 9.17) is 0 Å². The molecular weight excluding hydrogens is 208 g/mol. The third kappa shape index (κ3) is 2.61. The maximum absolute atomic E-state index is 9.50. The predicted octanol–water partition coefficient (Wildman–Crippen LogP) is 3.88. The van der Waals surface area contributed by atoms with E-state index in [1.807, 2.05) is 12.1 Å². The van der Waals surface area contributed by atoms with Gasteiger partial charge in [0.2, 0.25) is 0 Å². The minimum absolute atomic E-state index is 0.357. The summed E-state index contributed by atoms with van der Waals surface area (Å²) >= 11 is 0. The zero-order valence-corrected chi connectivity index (χ0v) is 10.7. The molecule has 1 N–H and O–H groups in total. The Labute approximate surface area is 104 Å². The Kier molecular flexibility index (Phi) is 3.38. The van der Waals surface area contributed by atoms with E-state index in [-0.39, 0.29) is 5.54 Å². The normalized spacial score (nSPS) is 28.4. The molecule has 1 aliphatic carbocycles. The molecule has 0 saturated heterocycles. The van der Waals surface area contributed by atoms with Gasteiger partial charge in [-0.05, 0) is 43.7 Å². The highest BCUT2D eigenvalue weighted by molar-refractivity contribution is 5.53. The highest BCUT2D eigenvalue weighted by Gasteiger charge is 2.35. The molecule has 2 rings (SSSR count). The van der Waals surface area contributed by atoms with Crippen LogP contribution in [0.5, 0.6) is 0 Å². The van der Waals surface area contributed by atoms with Crippen molar-refractivity contribution in [2.45, 2.75) is 45.1 Å². The van der Waals surface area contributed by atoms with Crippen LogP contribution < -0.4 is 5.32 Å². The van der Waals surface area contributed by atoms with Crippen molar-refractivity contribution in [2.75, 3.05) is 5.32 Å². The van der Waals surface area contributed by atoms with Crippen molar-refractivity contribution in [3.8, 4) is 6.07 Å². The van der Waals surface area contributed by atoms with Gasteiger partial charge in [-0.15, -0.1) is 0 Å². The number of rotatable bonds is 2. The maximum Gasteiger partial charge on any atom is 0.125 e. The second kappa shape index (κ2) is 4.79. The van der Waals surface area contributed by atoms with Gasteiger partial charge in [-0.25, -0.2) is 0 Å². The summed E-state index contributed by atoms with van der Waals surface area (Å²) in [5.74, 6) is 0.639. The van der Waals surface area contributed by atoms with Gasteiger partial charge in [0.25, 0.3) is 0 Å². The molecule has 0 aromatic heterocycles. The molecule has 0 aliphatic heterocycles. The number of aryl methyl sites for hydroxylation is 1. The van der Waals surface area contributed by atoms with E-state index in [9.17, 15) is 5.26 Å². The number of nitrogens with zero attached hydrogens (tertiary/aromatic N) is 1. The molecule has 2 unspecified atom stereocenters. The van der Waals surface area contributed by atoms with Crippen LogP contribution in [0.1, 0.15) is 38.2 Å². The molecule has 1 aromatic rings. The van der Waals surface area contributed by atoms with Crippen molar-refractivity contribution in [3.05, 3.63) is 29.8 Å². The third-order valence-electron chi connectivity index (χ3n) is 3.73. The molecule has 2 atom stereocenters. The van der Waals surface area contributed by atoms with Gasteiger partial charge in [0.1, 0.15) is 5.54 Å². The van der Waals surface area contributed by atoms with Crippen LogP contribution in [0.3, 0.4) is 0 Å². The van der Waals surface area contributed by atoms with Gasteiger partial charge in [-0.1, -0.05) is 31.5 Å². The molecule has 0 spiro atoms. The molecule has 1 aromatic carbocycles. The van der Waals surface area contributed by atoms with Gasteiger partial charge < -0.3 is 5.32 Å². The van der Waals surface area contributed by atoms with Gasteiger partial charge in [0.05, 0.1) is 6.07 Å². The molecule has 2 heteroatoms. The van der Waals surface area contributed by atoms with Crippen LogP contribution in [-0.2, 0) is 0 Å². The Morgan fingerprint density at radius 1 is 1.41 bits per heavy atom. The van der Waals surface area contributed by atoms with Gasteiger partial charge in [-0.3, -0.25) is 0 Å². The average molecular weight is 228 g/mol. The predicted molar refractivity (Wildman–Crippen MR) is 70.8 cm³/mol. The Morgan fingerprint density at radius 2 is 2.18 bits per heavy atom. The summed E-state index contributed by atoms with van der Waals surface area (Å²) in [5.41, 5.74) is 1.95. The SMILES string of the molecule is Cc1ccccc1NC1(C#N)CCCC(C)C1. The molecule has 1 fully saturated rings. The quantitative estimate of drug-likeness (QED) is 0.833. The van der Waals surface area contributed by atoms with E-state index in [0.29, 0.717) is 5.92 Å². The molecule has 0 amide bonds. The number of nitrogens with one attached hydrogen (secondary N) is 1. The van der Waals surface area contributed by atoms with Crippen molar-refractivity contribution >= 4 is 5.69 Å². The van der Waals surface area contributed by atoms with E-state index >= 15 is 0 Å². The summed E-state index contributed by atoms with van der Waals surface area (Å²) in [6.45, 7) is 4.32. The minimum Gasteiger partial charge on any atom is -0.367 e. The summed E-state index contributed by atoms with van der Waals surface area (Å²) in [7, 11) is 0. The summed E-state index contributed by atoms with van der Waals surface area (Å²) in [4.78, 5) is 0. The first-order chi connectivity index (χ1) is 8.15. The number of hydrogen-bond acceptors (Lipinski definition) is 2. The van der Waals surface area contributed by atoms with Crippen molar-refractivity contribution < 1.29 is 0 Å². The highest BCUT2D eigenvalue weighted by Crippen LogP contribution is 2.35. The topological polar surface area (TPSA) is 35.8 Å². The Bertz CT molecular complexity index is 433. The average Bonchev–Trinajstić information content (AvgIpc) is 2.32. The largest absolute Gasteiger partial charge is 0.367 e. The lowest BCUT2D eigenvalue weighted by atomic mass is 9.77. The third-order valence-corrected chi connectivity index (χ3v) is 3.73. The lowest BCUT2D eigenvalue weighted by Crippen LogP contribution is -2.41. The monoisotopic (exact) mass is 228 g/mol. The Hall–Kier alpha value is -1.49. The van der Waals surface area contributed by atoms with E-state index in [2.05, 4.69) is 37.4 Å². The van der Waals surface area contributed by atoms with E-state index in [1.165, 1.54) is 12.0 Å². The molecule has 0 radical (unpaired) electrons. The fraction of sp³-hybridized carbons (Fsp3) is 0.533. The fourth-order valence-corrected chi connectivity index (χ4v) is 2.77. The van der Waals surface area contributed by atoms with Gasteiger partial charge in [0.15, 0.2) is 0 Å². The van der Waals surface area contributed by atoms with Crippen LogP contribution in [-0.4, -0.2) is 5.54 Å². The molecular formula is C15H20N2. The van der Waals surface area contributed by atoms with Crippen molar-refractivity contribution in [1.82, 2.24) is 0 Å². The number of hydrogen-bond donors (Lipinski definition) is 1. The first-order valence-corrected chi connectivity index (χ1v) is 6.40. The van der Waals surface area contributed by atoms with Crippen LogP contribution >= 0.6 is 0 Å². The zero-order chi connectivity index (χ0) is 12.3. The number of benzene rings is 1. The van der Waals surface area contributed by atoms with E-state index in [1.54, 1.807) is 0 Å². The van der Waals surface area contributed by atoms with Crippen LogP contribution in [0.2, 0.25) is 0 Å². The van der Waals surface area contributed by atoms with E-state index in [0.717, 1.165) is 24.9 Å². The molecule has 17 heavy (non-hydrogen) atoms. The van der Waals surface area contributed by atoms with Crippen LogP contribution in [0.25, 0.3) is 0 Å². The first-order valence-electron chi connectivity index (χ1n) is 6.40. The van der Waals surface area contributed by atoms with Crippen LogP contribution in [0.4, 0.5) is 5.69 Å². The second-order valence-electron chi connectivity index (χ2n) is 5.34. The summed E-state index contributed by atoms with van der Waals surface area (Å²) < 4.78 is 0. The summed E-state index contributed by atoms with van der Waals surface area (Å²) in [6, 6.07) is 10.7. The lowest BCUT2D eigenvalue weighted by molar-refractivity contribution is 0.308. The summed E-state index contributed by atoms with van der Waals surface area (Å²) in [6.07, 6.45) is 4.31. The molecule has 2 nitrogen and oxygen atoms in total.